The van der Waals surface area contributed by atoms with Crippen LogP contribution in [0.25, 0.3) is 10.9 Å². The lowest BCUT2D eigenvalue weighted by Crippen LogP contribution is -2.58. The van der Waals surface area contributed by atoms with Crippen LogP contribution in [0.3, 0.4) is 0 Å². The molecule has 21 heteroatoms. The minimum absolute atomic E-state index is 0.0379. The van der Waals surface area contributed by atoms with Gasteiger partial charge in [-0.1, -0.05) is 30.2 Å². The summed E-state index contributed by atoms with van der Waals surface area (Å²) in [7, 11) is 1.58. The summed E-state index contributed by atoms with van der Waals surface area (Å²) in [6, 6.07) is 13.5. The van der Waals surface area contributed by atoms with Gasteiger partial charge in [-0.15, -0.1) is 0 Å². The first-order chi connectivity index (χ1) is 34.3. The molecule has 3 heterocycles. The highest BCUT2D eigenvalue weighted by molar-refractivity contribution is 6.31. The summed E-state index contributed by atoms with van der Waals surface area (Å²) in [5.41, 5.74) is 6.51. The van der Waals surface area contributed by atoms with Crippen LogP contribution in [0.15, 0.2) is 73.1 Å². The van der Waals surface area contributed by atoms with Crippen LogP contribution in [-0.4, -0.2) is 123 Å². The number of primary amides is 1. The molecule has 2 aliphatic heterocycles. The molecule has 378 valence electrons. The molecule has 19 nitrogen and oxygen atoms in total. The van der Waals surface area contributed by atoms with Crippen LogP contribution < -0.4 is 46.4 Å². The molecule has 0 radical (unpaired) electrons. The number of benzene rings is 3. The average Bonchev–Trinajstić information content (AvgIpc) is 3.67. The minimum atomic E-state index is -1.34. The molecule has 7 N–H and O–H groups in total. The van der Waals surface area contributed by atoms with Gasteiger partial charge in [-0.05, 0) is 92.2 Å². The number of unbranched alkanes of at least 4 members (excludes halogenated alkanes) is 2. The van der Waals surface area contributed by atoms with Crippen molar-refractivity contribution in [1.82, 2.24) is 30.7 Å². The summed E-state index contributed by atoms with van der Waals surface area (Å²) < 4.78 is 33.6. The van der Waals surface area contributed by atoms with Crippen molar-refractivity contribution in [3.8, 4) is 11.5 Å². The van der Waals surface area contributed by atoms with Gasteiger partial charge in [0.1, 0.15) is 29.3 Å². The fraction of sp³-hybridized carbons (Fsp3) is 0.440. The van der Waals surface area contributed by atoms with Crippen molar-refractivity contribution in [3.63, 3.8) is 0 Å². The predicted molar refractivity (Wildman–Crippen MR) is 262 cm³/mol. The third kappa shape index (κ3) is 13.7. The van der Waals surface area contributed by atoms with E-state index >= 15 is 0 Å². The van der Waals surface area contributed by atoms with Crippen molar-refractivity contribution >= 4 is 75.3 Å². The number of hydrogen-bond donors (Lipinski definition) is 6. The number of nitrogens with one attached hydrogen (secondary N) is 5. The number of halogens is 2. The van der Waals surface area contributed by atoms with Crippen molar-refractivity contribution in [3.05, 3.63) is 89.5 Å². The third-order valence-corrected chi connectivity index (χ3v) is 13.1. The van der Waals surface area contributed by atoms with Crippen LogP contribution in [0.1, 0.15) is 63.4 Å². The number of amides is 7. The van der Waals surface area contributed by atoms with E-state index in [-0.39, 0.29) is 36.3 Å². The Kier molecular flexibility index (Phi) is 18.1. The summed E-state index contributed by atoms with van der Waals surface area (Å²) in [6.07, 6.45) is 8.51. The Morgan fingerprint density at radius 3 is 2.31 bits per heavy atom. The Hall–Kier alpha value is -6.90. The predicted octanol–water partition coefficient (Wildman–Crippen LogP) is 4.47. The first-order valence-electron chi connectivity index (χ1n) is 23.9. The number of fused-ring (bicyclic) bond motifs is 1. The Labute approximate surface area is 416 Å². The van der Waals surface area contributed by atoms with Gasteiger partial charge in [-0.25, -0.2) is 13.8 Å². The summed E-state index contributed by atoms with van der Waals surface area (Å²) in [4.78, 5) is 84.5. The molecular formula is C50H61ClFN10O9+. The molecule has 7 rings (SSSR count). The normalized spacial score (nSPS) is 15.7. The highest BCUT2D eigenvalue weighted by Gasteiger charge is 2.51. The van der Waals surface area contributed by atoms with E-state index < -0.39 is 41.0 Å². The van der Waals surface area contributed by atoms with E-state index in [4.69, 9.17) is 36.5 Å². The molecule has 2 fully saturated rings. The molecule has 3 aromatic carbocycles. The number of nitrogens with zero attached hydrogens (tertiary/aromatic N) is 4. The Bertz CT molecular complexity index is 2590. The van der Waals surface area contributed by atoms with Crippen LogP contribution in [-0.2, 0) is 35.3 Å². The maximum atomic E-state index is 14.1. The number of ether oxygens (including phenoxy) is 3. The van der Waals surface area contributed by atoms with E-state index in [2.05, 4.69) is 31.5 Å². The van der Waals surface area contributed by atoms with Crippen molar-refractivity contribution in [1.29, 1.82) is 0 Å². The number of anilines is 3. The van der Waals surface area contributed by atoms with Gasteiger partial charge >= 0.3 is 6.03 Å². The van der Waals surface area contributed by atoms with Crippen LogP contribution in [0, 0.1) is 11.2 Å². The van der Waals surface area contributed by atoms with E-state index in [0.29, 0.717) is 98.7 Å². The van der Waals surface area contributed by atoms with E-state index in [1.807, 2.05) is 28.8 Å². The Morgan fingerprint density at radius 1 is 0.887 bits per heavy atom. The maximum Gasteiger partial charge on any atom is 0.312 e. The maximum absolute atomic E-state index is 14.1. The number of imide groups is 1. The molecule has 1 atom stereocenters. The first kappa shape index (κ1) is 51.9. The van der Waals surface area contributed by atoms with E-state index in [1.165, 1.54) is 29.2 Å². The van der Waals surface area contributed by atoms with Gasteiger partial charge in [0.2, 0.25) is 17.7 Å². The van der Waals surface area contributed by atoms with E-state index in [0.717, 1.165) is 50.3 Å². The lowest BCUT2D eigenvalue weighted by atomic mass is 9.67. The summed E-state index contributed by atoms with van der Waals surface area (Å²) in [5.74, 6) is -1.18. The number of carbonyl (C=O) groups is 6. The summed E-state index contributed by atoms with van der Waals surface area (Å²) >= 11 is 6.12. The zero-order valence-corrected chi connectivity index (χ0v) is 40.5. The van der Waals surface area contributed by atoms with Crippen molar-refractivity contribution in [2.24, 2.45) is 11.1 Å². The van der Waals surface area contributed by atoms with Gasteiger partial charge in [0, 0.05) is 74.9 Å². The number of urea groups is 1. The van der Waals surface area contributed by atoms with Crippen LogP contribution >= 0.6 is 11.6 Å². The number of aromatic nitrogens is 2. The standard InChI is InChI=1S/C50H60ClFN10O9/c1-69-41-30-40-36(29-42(41)71-25-7-21-60-23-26-70-27-24-60)45(57-35-13-14-38(52)37(51)28-35)56-32-61(40)31-33-9-11-34(12-10-33)58-46(65)39(8-5-20-55-49(53)68)59-48(67)50(17-6-18-50)47(66)54-19-3-2-4-22-62-43(63)15-16-44(62)64/h9-16,28-30,32,39H,2-8,17-27,31H2,1H3,(H6,53,54,55,58,59,65,66,67,68)/p+1/t39-/m0/s1. The zero-order chi connectivity index (χ0) is 50.3. The quantitative estimate of drug-likeness (QED) is 0.0234. The second kappa shape index (κ2) is 24.8. The van der Waals surface area contributed by atoms with E-state index in [1.54, 1.807) is 31.6 Å². The van der Waals surface area contributed by atoms with Crippen LogP contribution in [0.2, 0.25) is 5.02 Å². The molecule has 0 unspecified atom stereocenters. The smallest absolute Gasteiger partial charge is 0.312 e. The number of methoxy groups -OCH3 is 1. The monoisotopic (exact) mass is 999 g/mol. The molecule has 4 aromatic rings. The Morgan fingerprint density at radius 2 is 1.62 bits per heavy atom. The molecule has 3 aliphatic rings. The zero-order valence-electron chi connectivity index (χ0n) is 39.7. The molecule has 1 aromatic heterocycles. The van der Waals surface area contributed by atoms with Gasteiger partial charge in [0.15, 0.2) is 11.5 Å². The number of morpholine rings is 1. The molecule has 0 spiro atoms. The van der Waals surface area contributed by atoms with Crippen molar-refractivity contribution < 1.29 is 51.9 Å². The minimum Gasteiger partial charge on any atom is -0.493 e. The number of rotatable bonds is 25. The molecule has 1 saturated heterocycles. The van der Waals surface area contributed by atoms with Crippen LogP contribution in [0.5, 0.6) is 11.5 Å². The number of hydrogen-bond acceptors (Lipinski definition) is 12. The Balaban J connectivity index is 1.01. The summed E-state index contributed by atoms with van der Waals surface area (Å²) in [5, 5.41) is 15.0. The second-order valence-corrected chi connectivity index (χ2v) is 18.1. The third-order valence-electron chi connectivity index (χ3n) is 12.8. The first-order valence-corrected chi connectivity index (χ1v) is 24.3. The fourth-order valence-corrected chi connectivity index (χ4v) is 8.80. The second-order valence-electron chi connectivity index (χ2n) is 17.7. The van der Waals surface area contributed by atoms with Crippen LogP contribution in [0.4, 0.5) is 26.4 Å². The van der Waals surface area contributed by atoms with Gasteiger partial charge in [0.25, 0.3) is 24.0 Å². The van der Waals surface area contributed by atoms with Gasteiger partial charge < -0.3 is 46.5 Å². The molecular weight excluding hydrogens is 939 g/mol. The highest BCUT2D eigenvalue weighted by atomic mass is 35.5. The van der Waals surface area contributed by atoms with Gasteiger partial charge in [0.05, 0.1) is 37.3 Å². The topological polar surface area (TPSA) is 240 Å². The highest BCUT2D eigenvalue weighted by Crippen LogP contribution is 2.42. The molecule has 7 amide bonds. The molecule has 71 heavy (non-hydrogen) atoms. The average molecular weight is 1000 g/mol. The van der Waals surface area contributed by atoms with E-state index in [9.17, 15) is 33.2 Å². The van der Waals surface area contributed by atoms with Gasteiger partial charge in [-0.3, -0.25) is 33.8 Å². The lowest BCUT2D eigenvalue weighted by Gasteiger charge is -2.39. The largest absolute Gasteiger partial charge is 0.493 e. The molecule has 1 aliphatic carbocycles. The van der Waals surface area contributed by atoms with Crippen molar-refractivity contribution in [2.75, 3.05) is 76.8 Å². The van der Waals surface area contributed by atoms with Crippen molar-refractivity contribution in [2.45, 2.75) is 70.4 Å². The van der Waals surface area contributed by atoms with Gasteiger partial charge in [-0.2, -0.15) is 0 Å². The fourth-order valence-electron chi connectivity index (χ4n) is 8.62. The lowest BCUT2D eigenvalue weighted by molar-refractivity contribution is -0.665. The SMILES string of the molecule is COc1cc2c(cc1OCCCN1CCOCC1)c(Nc1ccc(F)c(Cl)c1)nc[n+]2Cc1ccc(NC(=O)[C@H](CCCNC(N)=O)NC(=O)C2(C(=O)NCCCCCN3C(=O)C=CC3=O)CCC2)cc1. The summed E-state index contributed by atoms with van der Waals surface area (Å²) in [6.45, 7) is 5.64. The molecule has 1 saturated carbocycles. The number of nitrogens with two attached hydrogens (primary N) is 1. The number of carbonyl (C=O) groups excluding carboxylic acids is 6. The molecule has 0 bridgehead atoms.